The number of H-pyrrole nitrogens is 1. The third-order valence-electron chi connectivity index (χ3n) is 4.97. The second-order valence-corrected chi connectivity index (χ2v) is 6.69. The van der Waals surface area contributed by atoms with Crippen LogP contribution in [0.4, 0.5) is 0 Å². The van der Waals surface area contributed by atoms with Gasteiger partial charge in [-0.05, 0) is 24.1 Å². The number of guanidine groups is 1. The van der Waals surface area contributed by atoms with Crippen molar-refractivity contribution in [1.29, 1.82) is 0 Å². The zero-order chi connectivity index (χ0) is 18.5. The third kappa shape index (κ3) is 4.11. The quantitative estimate of drug-likeness (QED) is 0.525. The molecule has 3 aromatic rings. The van der Waals surface area contributed by atoms with Crippen LogP contribution >= 0.6 is 0 Å². The summed E-state index contributed by atoms with van der Waals surface area (Å²) in [7, 11) is 1.85. The number of piperazine rings is 1. The second kappa shape index (κ2) is 8.22. The first-order valence-corrected chi connectivity index (χ1v) is 9.31. The zero-order valence-electron chi connectivity index (χ0n) is 15.6. The summed E-state index contributed by atoms with van der Waals surface area (Å²) in [6.45, 7) is 5.56. The Morgan fingerprint density at radius 3 is 2.96 bits per heavy atom. The third-order valence-corrected chi connectivity index (χ3v) is 4.97. The minimum Gasteiger partial charge on any atom is -0.364 e. The summed E-state index contributed by atoms with van der Waals surface area (Å²) < 4.78 is 4.91. The van der Waals surface area contributed by atoms with Crippen LogP contribution in [0.15, 0.2) is 46.4 Å². The van der Waals surface area contributed by atoms with Gasteiger partial charge in [-0.1, -0.05) is 5.16 Å². The van der Waals surface area contributed by atoms with Crippen molar-refractivity contribution in [2.75, 3.05) is 39.8 Å². The van der Waals surface area contributed by atoms with Crippen LogP contribution in [0.5, 0.6) is 0 Å². The maximum Gasteiger partial charge on any atom is 0.193 e. The molecule has 0 unspecified atom stereocenters. The molecule has 1 fully saturated rings. The normalized spacial score (nSPS) is 16.2. The predicted molar refractivity (Wildman–Crippen MR) is 105 cm³/mol. The van der Waals surface area contributed by atoms with Gasteiger partial charge in [-0.2, -0.15) is 0 Å². The minimum absolute atomic E-state index is 0.838. The number of aromatic amines is 1. The van der Waals surface area contributed by atoms with Crippen molar-refractivity contribution in [3.05, 3.63) is 48.1 Å². The molecule has 0 saturated carbocycles. The van der Waals surface area contributed by atoms with E-state index in [0.29, 0.717) is 0 Å². The summed E-state index contributed by atoms with van der Waals surface area (Å²) in [5, 5.41) is 8.68. The summed E-state index contributed by atoms with van der Waals surface area (Å²) in [6.07, 6.45) is 6.41. The van der Waals surface area contributed by atoms with E-state index >= 15 is 0 Å². The van der Waals surface area contributed by atoms with Crippen LogP contribution in [0.25, 0.3) is 11.0 Å². The summed E-state index contributed by atoms with van der Waals surface area (Å²) in [4.78, 5) is 16.7. The molecule has 8 nitrogen and oxygen atoms in total. The van der Waals surface area contributed by atoms with E-state index in [0.717, 1.165) is 63.0 Å². The molecule has 27 heavy (non-hydrogen) atoms. The molecule has 1 saturated heterocycles. The predicted octanol–water partition coefficient (Wildman–Crippen LogP) is 1.49. The van der Waals surface area contributed by atoms with Gasteiger partial charge in [0.1, 0.15) is 11.9 Å². The highest BCUT2D eigenvalue weighted by Gasteiger charge is 2.20. The molecule has 8 heteroatoms. The largest absolute Gasteiger partial charge is 0.364 e. The van der Waals surface area contributed by atoms with Crippen molar-refractivity contribution < 1.29 is 4.52 Å². The molecule has 2 N–H and O–H groups in total. The summed E-state index contributed by atoms with van der Waals surface area (Å²) in [5.74, 6) is 0.967. The highest BCUT2D eigenvalue weighted by molar-refractivity contribution is 5.81. The number of nitrogens with one attached hydrogen (secondary N) is 2. The first kappa shape index (κ1) is 17.5. The van der Waals surface area contributed by atoms with Crippen molar-refractivity contribution in [3.8, 4) is 0 Å². The first-order valence-electron chi connectivity index (χ1n) is 9.31. The van der Waals surface area contributed by atoms with Gasteiger partial charge in [-0.3, -0.25) is 9.89 Å². The molecule has 0 aliphatic carbocycles. The van der Waals surface area contributed by atoms with Crippen LogP contribution in [0, 0.1) is 0 Å². The molecule has 3 aromatic heterocycles. The van der Waals surface area contributed by atoms with Gasteiger partial charge in [-0.15, -0.1) is 0 Å². The van der Waals surface area contributed by atoms with Crippen LogP contribution in [0.1, 0.15) is 11.3 Å². The first-order chi connectivity index (χ1) is 13.3. The van der Waals surface area contributed by atoms with E-state index in [2.05, 4.69) is 41.3 Å². The van der Waals surface area contributed by atoms with Gasteiger partial charge in [0.2, 0.25) is 0 Å². The van der Waals surface area contributed by atoms with Crippen LogP contribution in [-0.2, 0) is 13.0 Å². The lowest BCUT2D eigenvalue weighted by Crippen LogP contribution is -2.52. The molecule has 142 valence electrons. The van der Waals surface area contributed by atoms with E-state index < -0.39 is 0 Å². The Labute approximate surface area is 158 Å². The monoisotopic (exact) mass is 367 g/mol. The molecule has 1 aliphatic heterocycles. The maximum atomic E-state index is 4.91. The molecule has 0 atom stereocenters. The zero-order valence-corrected chi connectivity index (χ0v) is 15.6. The Balaban J connectivity index is 1.26. The van der Waals surface area contributed by atoms with Crippen LogP contribution in [0.3, 0.4) is 0 Å². The van der Waals surface area contributed by atoms with Crippen molar-refractivity contribution in [1.82, 2.24) is 30.2 Å². The van der Waals surface area contributed by atoms with E-state index in [1.165, 1.54) is 10.9 Å². The smallest absolute Gasteiger partial charge is 0.193 e. The van der Waals surface area contributed by atoms with Crippen LogP contribution in [0.2, 0.25) is 0 Å². The van der Waals surface area contributed by atoms with E-state index in [4.69, 9.17) is 4.52 Å². The second-order valence-electron chi connectivity index (χ2n) is 6.69. The number of nitrogens with zero attached hydrogens (tertiary/aromatic N) is 5. The average Bonchev–Trinajstić information content (AvgIpc) is 3.36. The van der Waals surface area contributed by atoms with Gasteiger partial charge < -0.3 is 19.7 Å². The molecule has 0 spiro atoms. The van der Waals surface area contributed by atoms with E-state index in [-0.39, 0.29) is 0 Å². The van der Waals surface area contributed by atoms with Crippen molar-refractivity contribution >= 4 is 17.0 Å². The Bertz CT molecular complexity index is 879. The Kier molecular flexibility index (Phi) is 5.34. The lowest BCUT2D eigenvalue weighted by Gasteiger charge is -2.36. The van der Waals surface area contributed by atoms with Gasteiger partial charge in [0, 0.05) is 70.2 Å². The van der Waals surface area contributed by atoms with Gasteiger partial charge >= 0.3 is 0 Å². The number of pyridine rings is 1. The molecule has 0 aromatic carbocycles. The Hall–Kier alpha value is -2.87. The minimum atomic E-state index is 0.838. The van der Waals surface area contributed by atoms with Crippen molar-refractivity contribution in [3.63, 3.8) is 0 Å². The highest BCUT2D eigenvalue weighted by Crippen LogP contribution is 2.15. The van der Waals surface area contributed by atoms with Gasteiger partial charge in [0.15, 0.2) is 5.96 Å². The molecule has 0 amide bonds. The van der Waals surface area contributed by atoms with Crippen LogP contribution < -0.4 is 5.32 Å². The molecule has 0 bridgehead atoms. The number of hydrogen-bond donors (Lipinski definition) is 2. The Morgan fingerprint density at radius 2 is 2.19 bits per heavy atom. The molecular weight excluding hydrogens is 342 g/mol. The van der Waals surface area contributed by atoms with Gasteiger partial charge in [0.05, 0.1) is 5.69 Å². The fourth-order valence-corrected chi connectivity index (χ4v) is 3.53. The number of fused-ring (bicyclic) bond motifs is 1. The van der Waals surface area contributed by atoms with E-state index in [1.807, 2.05) is 31.6 Å². The molecular formula is C19H25N7O. The summed E-state index contributed by atoms with van der Waals surface area (Å²) >= 11 is 0. The van der Waals surface area contributed by atoms with Crippen molar-refractivity contribution in [2.24, 2.45) is 4.99 Å². The average molecular weight is 367 g/mol. The number of aromatic nitrogens is 3. The SMILES string of the molecule is CN=C(NCCc1c[nH]c2ncccc12)N1CCN(Cc2ccon2)CC1. The molecule has 4 rings (SSSR count). The highest BCUT2D eigenvalue weighted by atomic mass is 16.5. The number of hydrogen-bond acceptors (Lipinski definition) is 5. The number of rotatable bonds is 5. The van der Waals surface area contributed by atoms with E-state index in [1.54, 1.807) is 6.26 Å². The van der Waals surface area contributed by atoms with Crippen molar-refractivity contribution in [2.45, 2.75) is 13.0 Å². The lowest BCUT2D eigenvalue weighted by molar-refractivity contribution is 0.169. The van der Waals surface area contributed by atoms with Crippen LogP contribution in [-0.4, -0.2) is 70.7 Å². The molecule has 0 radical (unpaired) electrons. The lowest BCUT2D eigenvalue weighted by atomic mass is 10.1. The maximum absolute atomic E-state index is 4.91. The summed E-state index contributed by atoms with van der Waals surface area (Å²) in [6, 6.07) is 6.01. The van der Waals surface area contributed by atoms with Gasteiger partial charge in [-0.25, -0.2) is 4.98 Å². The fourth-order valence-electron chi connectivity index (χ4n) is 3.53. The standard InChI is InChI=1S/C19H25N7O/c1-20-19(22-7-4-15-13-23-18-17(15)3-2-6-21-18)26-10-8-25(9-11-26)14-16-5-12-27-24-16/h2-3,5-6,12-13H,4,7-11,14H2,1H3,(H,20,22)(H,21,23). The van der Waals surface area contributed by atoms with Gasteiger partial charge in [0.25, 0.3) is 0 Å². The number of aliphatic imine (C=N–C) groups is 1. The molecule has 1 aliphatic rings. The topological polar surface area (TPSA) is 85.6 Å². The molecule has 4 heterocycles. The summed E-state index contributed by atoms with van der Waals surface area (Å²) in [5.41, 5.74) is 3.21. The van der Waals surface area contributed by atoms with E-state index in [9.17, 15) is 0 Å². The fraction of sp³-hybridized carbons (Fsp3) is 0.421. The Morgan fingerprint density at radius 1 is 1.30 bits per heavy atom.